The van der Waals surface area contributed by atoms with E-state index in [2.05, 4.69) is 39.4 Å². The summed E-state index contributed by atoms with van der Waals surface area (Å²) >= 11 is 1.69. The van der Waals surface area contributed by atoms with Gasteiger partial charge in [-0.05, 0) is 47.9 Å². The molecule has 0 fully saturated rings. The van der Waals surface area contributed by atoms with Crippen LogP contribution in [0.1, 0.15) is 31.7 Å². The zero-order valence-electron chi connectivity index (χ0n) is 15.7. The van der Waals surface area contributed by atoms with Gasteiger partial charge in [0, 0.05) is 25.6 Å². The maximum Gasteiger partial charge on any atom is 0.191 e. The molecule has 0 aliphatic carbocycles. The summed E-state index contributed by atoms with van der Waals surface area (Å²) in [5.41, 5.74) is 1.29. The van der Waals surface area contributed by atoms with Gasteiger partial charge >= 0.3 is 0 Å². The highest BCUT2D eigenvalue weighted by molar-refractivity contribution is 14.0. The van der Waals surface area contributed by atoms with E-state index in [1.165, 1.54) is 5.56 Å². The quantitative estimate of drug-likeness (QED) is 0.228. The highest BCUT2D eigenvalue weighted by atomic mass is 127. The molecule has 1 aromatic carbocycles. The Hall–Kier alpha value is -1.13. The van der Waals surface area contributed by atoms with Gasteiger partial charge in [0.05, 0.1) is 10.6 Å². The third-order valence-corrected chi connectivity index (χ3v) is 6.48. The molecule has 8 heteroatoms. The second-order valence-corrected chi connectivity index (χ2v) is 8.98. The summed E-state index contributed by atoms with van der Waals surface area (Å²) in [4.78, 5) is 4.99. The van der Waals surface area contributed by atoms with Crippen LogP contribution in [0.25, 0.3) is 0 Å². The molecule has 1 aromatic heterocycles. The number of benzene rings is 1. The SMILES string of the molecule is CCNC(=NCC(C)c1ccsc1)NCCCS(=O)(=O)c1ccccc1.I. The number of aliphatic imine (C=N–C) groups is 1. The van der Waals surface area contributed by atoms with Crippen LogP contribution in [0.15, 0.2) is 57.0 Å². The second kappa shape index (κ2) is 12.4. The molecular weight excluding hydrogens is 493 g/mol. The molecule has 0 spiro atoms. The summed E-state index contributed by atoms with van der Waals surface area (Å²) in [5, 5.41) is 10.7. The summed E-state index contributed by atoms with van der Waals surface area (Å²) in [6.07, 6.45) is 0.529. The zero-order chi connectivity index (χ0) is 18.8. The molecule has 0 aliphatic heterocycles. The molecule has 2 aromatic rings. The van der Waals surface area contributed by atoms with Gasteiger partial charge in [-0.1, -0.05) is 25.1 Å². The van der Waals surface area contributed by atoms with Crippen molar-refractivity contribution in [1.29, 1.82) is 0 Å². The van der Waals surface area contributed by atoms with Crippen molar-refractivity contribution in [3.05, 3.63) is 52.7 Å². The predicted molar refractivity (Wildman–Crippen MR) is 125 cm³/mol. The van der Waals surface area contributed by atoms with Gasteiger partial charge < -0.3 is 10.6 Å². The largest absolute Gasteiger partial charge is 0.357 e. The van der Waals surface area contributed by atoms with Gasteiger partial charge in [-0.25, -0.2) is 8.42 Å². The second-order valence-electron chi connectivity index (χ2n) is 6.09. The van der Waals surface area contributed by atoms with Gasteiger partial charge in [-0.2, -0.15) is 11.3 Å². The lowest BCUT2D eigenvalue weighted by Crippen LogP contribution is -2.38. The normalized spacial score (nSPS) is 12.9. The Morgan fingerprint density at radius 2 is 1.93 bits per heavy atom. The van der Waals surface area contributed by atoms with E-state index in [1.54, 1.807) is 35.6 Å². The smallest absolute Gasteiger partial charge is 0.191 e. The Kier molecular flexibility index (Phi) is 10.9. The number of nitrogens with one attached hydrogen (secondary N) is 2. The van der Waals surface area contributed by atoms with Crippen LogP contribution in [0.3, 0.4) is 0 Å². The van der Waals surface area contributed by atoms with Crippen LogP contribution >= 0.6 is 35.3 Å². The number of hydrogen-bond acceptors (Lipinski definition) is 4. The van der Waals surface area contributed by atoms with Gasteiger partial charge in [0.1, 0.15) is 0 Å². The Labute approximate surface area is 183 Å². The molecule has 0 aliphatic rings. The van der Waals surface area contributed by atoms with Crippen molar-refractivity contribution < 1.29 is 8.42 Å². The number of guanidine groups is 1. The highest BCUT2D eigenvalue weighted by Gasteiger charge is 2.13. The van der Waals surface area contributed by atoms with Crippen LogP contribution in [-0.2, 0) is 9.84 Å². The Balaban J connectivity index is 0.00000364. The molecule has 0 bridgehead atoms. The monoisotopic (exact) mass is 521 g/mol. The first-order valence-corrected chi connectivity index (χ1v) is 11.4. The van der Waals surface area contributed by atoms with Crippen molar-refractivity contribution >= 4 is 51.1 Å². The van der Waals surface area contributed by atoms with E-state index >= 15 is 0 Å². The van der Waals surface area contributed by atoms with Gasteiger partial charge in [0.25, 0.3) is 0 Å². The first kappa shape index (κ1) is 23.9. The molecular formula is C19H28IN3O2S2. The number of sulfone groups is 1. The molecule has 5 nitrogen and oxygen atoms in total. The summed E-state index contributed by atoms with van der Waals surface area (Å²) in [6.45, 7) is 6.18. The van der Waals surface area contributed by atoms with E-state index in [-0.39, 0.29) is 29.7 Å². The molecule has 0 radical (unpaired) electrons. The Morgan fingerprint density at radius 3 is 2.56 bits per heavy atom. The molecule has 2 N–H and O–H groups in total. The first-order valence-electron chi connectivity index (χ1n) is 8.85. The topological polar surface area (TPSA) is 70.6 Å². The van der Waals surface area contributed by atoms with E-state index < -0.39 is 9.84 Å². The van der Waals surface area contributed by atoms with Crippen molar-refractivity contribution in [3.63, 3.8) is 0 Å². The van der Waals surface area contributed by atoms with Gasteiger partial charge in [0.15, 0.2) is 15.8 Å². The fourth-order valence-corrected chi connectivity index (χ4v) is 4.56. The summed E-state index contributed by atoms with van der Waals surface area (Å²) in [5.74, 6) is 1.20. The molecule has 1 atom stereocenters. The van der Waals surface area contributed by atoms with Gasteiger partial charge in [-0.15, -0.1) is 24.0 Å². The Morgan fingerprint density at radius 1 is 1.19 bits per heavy atom. The molecule has 27 heavy (non-hydrogen) atoms. The van der Waals surface area contributed by atoms with Gasteiger partial charge in [-0.3, -0.25) is 4.99 Å². The lowest BCUT2D eigenvalue weighted by molar-refractivity contribution is 0.592. The summed E-state index contributed by atoms with van der Waals surface area (Å²) in [6, 6.07) is 10.7. The summed E-state index contributed by atoms with van der Waals surface area (Å²) in [7, 11) is -3.22. The van der Waals surface area contributed by atoms with Crippen molar-refractivity contribution in [2.75, 3.05) is 25.4 Å². The molecule has 1 heterocycles. The first-order chi connectivity index (χ1) is 12.5. The average molecular weight is 521 g/mol. The van der Waals surface area contributed by atoms with Crippen LogP contribution in [0, 0.1) is 0 Å². The minimum Gasteiger partial charge on any atom is -0.357 e. The van der Waals surface area contributed by atoms with E-state index in [4.69, 9.17) is 0 Å². The summed E-state index contributed by atoms with van der Waals surface area (Å²) < 4.78 is 24.6. The van der Waals surface area contributed by atoms with E-state index in [1.807, 2.05) is 13.0 Å². The standard InChI is InChI=1S/C19H27N3O2S2.HI/c1-3-20-19(22-14-16(2)17-10-12-25-15-17)21-11-7-13-26(23,24)18-8-5-4-6-9-18;/h4-6,8-10,12,15-16H,3,7,11,13-14H2,1-2H3,(H2,20,21,22);1H. The zero-order valence-corrected chi connectivity index (χ0v) is 19.7. The Bertz CT molecular complexity index is 779. The lowest BCUT2D eigenvalue weighted by Gasteiger charge is -2.13. The number of rotatable bonds is 9. The highest BCUT2D eigenvalue weighted by Crippen LogP contribution is 2.18. The van der Waals surface area contributed by atoms with Crippen LogP contribution in [0.4, 0.5) is 0 Å². The van der Waals surface area contributed by atoms with Crippen molar-refractivity contribution in [1.82, 2.24) is 10.6 Å². The number of hydrogen-bond donors (Lipinski definition) is 2. The van der Waals surface area contributed by atoms with Crippen LogP contribution in [-0.4, -0.2) is 39.8 Å². The predicted octanol–water partition coefficient (Wildman–Crippen LogP) is 3.89. The van der Waals surface area contributed by atoms with E-state index in [9.17, 15) is 8.42 Å². The van der Waals surface area contributed by atoms with Crippen molar-refractivity contribution in [2.24, 2.45) is 4.99 Å². The van der Waals surface area contributed by atoms with E-state index in [0.29, 0.717) is 30.3 Å². The minimum absolute atomic E-state index is 0. The van der Waals surface area contributed by atoms with Gasteiger partial charge in [0.2, 0.25) is 0 Å². The molecule has 0 saturated heterocycles. The maximum atomic E-state index is 12.3. The maximum absolute atomic E-state index is 12.3. The lowest BCUT2D eigenvalue weighted by atomic mass is 10.1. The van der Waals surface area contributed by atoms with E-state index in [0.717, 1.165) is 12.5 Å². The third kappa shape index (κ3) is 8.18. The molecule has 1 unspecified atom stereocenters. The minimum atomic E-state index is -3.22. The molecule has 2 rings (SSSR count). The van der Waals surface area contributed by atoms with Crippen molar-refractivity contribution in [3.8, 4) is 0 Å². The fraction of sp³-hybridized carbons (Fsp3) is 0.421. The fourth-order valence-electron chi connectivity index (χ4n) is 2.45. The number of halogens is 1. The molecule has 0 amide bonds. The molecule has 0 saturated carbocycles. The van der Waals surface area contributed by atoms with Crippen molar-refractivity contribution in [2.45, 2.75) is 31.1 Å². The third-order valence-electron chi connectivity index (χ3n) is 3.96. The number of thiophene rings is 1. The number of nitrogens with zero attached hydrogens (tertiary/aromatic N) is 1. The molecule has 150 valence electrons. The van der Waals surface area contributed by atoms with Crippen LogP contribution in [0.2, 0.25) is 0 Å². The average Bonchev–Trinajstić information content (AvgIpc) is 3.18. The van der Waals surface area contributed by atoms with Crippen LogP contribution < -0.4 is 10.6 Å². The van der Waals surface area contributed by atoms with Crippen LogP contribution in [0.5, 0.6) is 0 Å².